The number of rotatable bonds is 8. The third-order valence-corrected chi connectivity index (χ3v) is 5.35. The molecule has 0 spiro atoms. The summed E-state index contributed by atoms with van der Waals surface area (Å²) < 4.78 is 57.4. The summed E-state index contributed by atoms with van der Waals surface area (Å²) in [5.74, 6) is -2.23. The standard InChI is InChI=1S/C20H24F2N2O4S/c1-13-9-14(2)11-17(10-13)28-8-7-23-20(25)15(3)24(29(4,26)27)16-5-6-18(21)19(22)12-16/h5-6,9-12,15H,7-8H2,1-4H3,(H,23,25)/t15-/m0/s1. The van der Waals surface area contributed by atoms with Gasteiger partial charge in [-0.15, -0.1) is 0 Å². The molecule has 1 amide bonds. The molecule has 2 aromatic carbocycles. The fourth-order valence-corrected chi connectivity index (χ4v) is 4.10. The highest BCUT2D eigenvalue weighted by Gasteiger charge is 2.29. The lowest BCUT2D eigenvalue weighted by atomic mass is 10.1. The maximum Gasteiger partial charge on any atom is 0.243 e. The van der Waals surface area contributed by atoms with Crippen molar-refractivity contribution in [1.82, 2.24) is 5.32 Å². The highest BCUT2D eigenvalue weighted by atomic mass is 32.2. The zero-order chi connectivity index (χ0) is 21.8. The first-order chi connectivity index (χ1) is 13.5. The van der Waals surface area contributed by atoms with Crippen LogP contribution in [0.3, 0.4) is 0 Å². The number of amides is 1. The summed E-state index contributed by atoms with van der Waals surface area (Å²) in [6, 6.07) is 7.23. The topological polar surface area (TPSA) is 75.7 Å². The SMILES string of the molecule is Cc1cc(C)cc(OCCNC(=O)[C@H](C)N(c2ccc(F)c(F)c2)S(C)(=O)=O)c1. The van der Waals surface area contributed by atoms with Crippen molar-refractivity contribution < 1.29 is 26.7 Å². The van der Waals surface area contributed by atoms with E-state index < -0.39 is 33.6 Å². The van der Waals surface area contributed by atoms with E-state index in [0.29, 0.717) is 5.75 Å². The number of carbonyl (C=O) groups excluding carboxylic acids is 1. The van der Waals surface area contributed by atoms with Gasteiger partial charge in [0.1, 0.15) is 18.4 Å². The van der Waals surface area contributed by atoms with E-state index in [1.807, 2.05) is 32.0 Å². The Kier molecular flexibility index (Phi) is 7.18. The number of ether oxygens (including phenoxy) is 1. The molecule has 2 rings (SSSR count). The molecule has 0 aliphatic carbocycles. The zero-order valence-corrected chi connectivity index (χ0v) is 17.5. The predicted octanol–water partition coefficient (Wildman–Crippen LogP) is 2.93. The van der Waals surface area contributed by atoms with Crippen LogP contribution in [0.4, 0.5) is 14.5 Å². The van der Waals surface area contributed by atoms with Crippen molar-refractivity contribution in [2.75, 3.05) is 23.7 Å². The second-order valence-corrected chi connectivity index (χ2v) is 8.66. The Labute approximate surface area is 169 Å². The Morgan fingerprint density at radius 2 is 1.72 bits per heavy atom. The maximum atomic E-state index is 13.5. The normalized spacial score (nSPS) is 12.3. The van der Waals surface area contributed by atoms with E-state index in [2.05, 4.69) is 5.32 Å². The van der Waals surface area contributed by atoms with Crippen molar-refractivity contribution in [2.45, 2.75) is 26.8 Å². The highest BCUT2D eigenvalue weighted by molar-refractivity contribution is 7.92. The highest BCUT2D eigenvalue weighted by Crippen LogP contribution is 2.23. The van der Waals surface area contributed by atoms with Crippen molar-refractivity contribution in [3.8, 4) is 5.75 Å². The number of nitrogens with zero attached hydrogens (tertiary/aromatic N) is 1. The van der Waals surface area contributed by atoms with Gasteiger partial charge in [-0.25, -0.2) is 17.2 Å². The van der Waals surface area contributed by atoms with Crippen molar-refractivity contribution in [2.24, 2.45) is 0 Å². The lowest BCUT2D eigenvalue weighted by molar-refractivity contribution is -0.121. The molecule has 158 valence electrons. The summed E-state index contributed by atoms with van der Waals surface area (Å²) in [4.78, 5) is 12.4. The second-order valence-electron chi connectivity index (χ2n) is 6.80. The molecule has 0 saturated heterocycles. The number of benzene rings is 2. The Balaban J connectivity index is 2.02. The molecule has 0 radical (unpaired) electrons. The van der Waals surface area contributed by atoms with E-state index in [-0.39, 0.29) is 18.8 Å². The van der Waals surface area contributed by atoms with E-state index in [1.165, 1.54) is 6.92 Å². The van der Waals surface area contributed by atoms with Crippen LogP contribution in [0.1, 0.15) is 18.1 Å². The molecule has 0 bridgehead atoms. The van der Waals surface area contributed by atoms with Gasteiger partial charge in [-0.05, 0) is 56.2 Å². The maximum absolute atomic E-state index is 13.5. The van der Waals surface area contributed by atoms with E-state index in [0.717, 1.165) is 39.9 Å². The smallest absolute Gasteiger partial charge is 0.243 e. The molecular formula is C20H24F2N2O4S. The average Bonchev–Trinajstić information content (AvgIpc) is 2.59. The van der Waals surface area contributed by atoms with E-state index in [1.54, 1.807) is 0 Å². The first kappa shape index (κ1) is 22.6. The van der Waals surface area contributed by atoms with Crippen LogP contribution in [0.5, 0.6) is 5.75 Å². The molecule has 2 aromatic rings. The molecule has 0 fully saturated rings. The van der Waals surface area contributed by atoms with E-state index >= 15 is 0 Å². The largest absolute Gasteiger partial charge is 0.492 e. The zero-order valence-electron chi connectivity index (χ0n) is 16.7. The summed E-state index contributed by atoms with van der Waals surface area (Å²) in [5.41, 5.74) is 1.96. The number of aryl methyl sites for hydroxylation is 2. The van der Waals surface area contributed by atoms with Crippen LogP contribution in [0, 0.1) is 25.5 Å². The van der Waals surface area contributed by atoms with Crippen LogP contribution in [0.2, 0.25) is 0 Å². The summed E-state index contributed by atoms with van der Waals surface area (Å²) >= 11 is 0. The Hall–Kier alpha value is -2.68. The number of hydrogen-bond acceptors (Lipinski definition) is 4. The number of halogens is 2. The van der Waals surface area contributed by atoms with Crippen LogP contribution in [0.25, 0.3) is 0 Å². The summed E-state index contributed by atoms with van der Waals surface area (Å²) in [6.07, 6.45) is 0.890. The van der Waals surface area contributed by atoms with Gasteiger partial charge in [0.25, 0.3) is 0 Å². The fraction of sp³-hybridized carbons (Fsp3) is 0.350. The minimum Gasteiger partial charge on any atom is -0.492 e. The van der Waals surface area contributed by atoms with Crippen molar-refractivity contribution in [3.05, 3.63) is 59.2 Å². The molecule has 0 aromatic heterocycles. The summed E-state index contributed by atoms with van der Waals surface area (Å²) in [7, 11) is -3.92. The number of hydrogen-bond donors (Lipinski definition) is 1. The van der Waals surface area contributed by atoms with Crippen LogP contribution in [0.15, 0.2) is 36.4 Å². The van der Waals surface area contributed by atoms with Crippen molar-refractivity contribution in [1.29, 1.82) is 0 Å². The van der Waals surface area contributed by atoms with Gasteiger partial charge in [0, 0.05) is 6.07 Å². The number of carbonyl (C=O) groups is 1. The molecule has 1 N–H and O–H groups in total. The minimum absolute atomic E-state index is 0.138. The van der Waals surface area contributed by atoms with Gasteiger partial charge in [0.05, 0.1) is 18.5 Å². The molecule has 1 atom stereocenters. The van der Waals surface area contributed by atoms with Crippen LogP contribution in [-0.4, -0.2) is 39.8 Å². The van der Waals surface area contributed by atoms with Crippen LogP contribution < -0.4 is 14.4 Å². The number of anilines is 1. The number of nitrogens with one attached hydrogen (secondary N) is 1. The lowest BCUT2D eigenvalue weighted by Crippen LogP contribution is -2.48. The van der Waals surface area contributed by atoms with Gasteiger partial charge in [-0.1, -0.05) is 6.07 Å². The molecular weight excluding hydrogens is 402 g/mol. The molecule has 29 heavy (non-hydrogen) atoms. The quantitative estimate of drug-likeness (QED) is 0.659. The van der Waals surface area contributed by atoms with Gasteiger partial charge in [-0.2, -0.15) is 0 Å². The summed E-state index contributed by atoms with van der Waals surface area (Å²) in [5, 5.41) is 2.59. The molecule has 0 aliphatic rings. The molecule has 0 aliphatic heterocycles. The lowest BCUT2D eigenvalue weighted by Gasteiger charge is -2.28. The summed E-state index contributed by atoms with van der Waals surface area (Å²) in [6.45, 7) is 5.59. The third-order valence-electron chi connectivity index (χ3n) is 4.11. The van der Waals surface area contributed by atoms with Gasteiger partial charge in [-0.3, -0.25) is 9.10 Å². The first-order valence-electron chi connectivity index (χ1n) is 8.92. The number of sulfonamides is 1. The molecule has 0 saturated carbocycles. The van der Waals surface area contributed by atoms with Crippen LogP contribution in [-0.2, 0) is 14.8 Å². The average molecular weight is 426 g/mol. The second kappa shape index (κ2) is 9.21. The fourth-order valence-electron chi connectivity index (χ4n) is 2.94. The molecule has 0 unspecified atom stereocenters. The monoisotopic (exact) mass is 426 g/mol. The van der Waals surface area contributed by atoms with Gasteiger partial charge < -0.3 is 10.1 Å². The Morgan fingerprint density at radius 3 is 2.28 bits per heavy atom. The van der Waals surface area contributed by atoms with Gasteiger partial charge in [0.15, 0.2) is 11.6 Å². The predicted molar refractivity (Wildman–Crippen MR) is 108 cm³/mol. The third kappa shape index (κ3) is 6.15. The van der Waals surface area contributed by atoms with Gasteiger partial charge in [0.2, 0.25) is 15.9 Å². The van der Waals surface area contributed by atoms with Crippen LogP contribution >= 0.6 is 0 Å². The molecule has 9 heteroatoms. The van der Waals surface area contributed by atoms with Crippen molar-refractivity contribution >= 4 is 21.6 Å². The Bertz CT molecular complexity index is 976. The van der Waals surface area contributed by atoms with Gasteiger partial charge >= 0.3 is 0 Å². The minimum atomic E-state index is -3.92. The van der Waals surface area contributed by atoms with E-state index in [9.17, 15) is 22.0 Å². The molecule has 0 heterocycles. The Morgan fingerprint density at radius 1 is 1.10 bits per heavy atom. The molecule has 6 nitrogen and oxygen atoms in total. The first-order valence-corrected chi connectivity index (χ1v) is 10.8. The van der Waals surface area contributed by atoms with E-state index in [4.69, 9.17) is 4.74 Å². The van der Waals surface area contributed by atoms with Crippen molar-refractivity contribution in [3.63, 3.8) is 0 Å².